The number of aryl methyl sites for hydroxylation is 2. The van der Waals surface area contributed by atoms with Gasteiger partial charge in [-0.2, -0.15) is 20.5 Å². The first-order chi connectivity index (χ1) is 15.0. The molecule has 2 amide bonds. The highest BCUT2D eigenvalue weighted by molar-refractivity contribution is 5.96. The highest BCUT2D eigenvalue weighted by Gasteiger charge is 2.51. The Bertz CT molecular complexity index is 1140. The van der Waals surface area contributed by atoms with Crippen molar-refractivity contribution in [2.24, 2.45) is 18.9 Å². The Morgan fingerprint density at radius 3 is 2.55 bits per heavy atom. The molecule has 4 heterocycles. The summed E-state index contributed by atoms with van der Waals surface area (Å²) in [6.45, 7) is 5.80. The third-order valence-corrected chi connectivity index (χ3v) is 6.82. The van der Waals surface area contributed by atoms with Crippen molar-refractivity contribution in [2.75, 3.05) is 19.6 Å². The standard InChI is InChI=1S/C22H25N7O2/c1-13-6-4-5-7-16(13)20-18-12-28(22(31)19-9-23-26-25-19)10-15(18)11-29(20)21(30)17-8-24-27(3)14(17)2/h4-9,15,18,20H,10-12H2,1-3H3,(H,23,25,26)/t15-,18-,20+/m0/s1. The average molecular weight is 419 g/mol. The molecule has 31 heavy (non-hydrogen) atoms. The van der Waals surface area contributed by atoms with Crippen LogP contribution in [0.5, 0.6) is 0 Å². The molecule has 2 fully saturated rings. The zero-order valence-electron chi connectivity index (χ0n) is 17.8. The van der Waals surface area contributed by atoms with E-state index in [4.69, 9.17) is 0 Å². The molecule has 3 atom stereocenters. The number of benzene rings is 1. The lowest BCUT2D eigenvalue weighted by molar-refractivity contribution is 0.0674. The fourth-order valence-electron chi connectivity index (χ4n) is 5.07. The first kappa shape index (κ1) is 19.5. The van der Waals surface area contributed by atoms with Crippen molar-refractivity contribution in [1.29, 1.82) is 0 Å². The number of fused-ring (bicyclic) bond motifs is 1. The fraction of sp³-hybridized carbons (Fsp3) is 0.409. The molecule has 0 bridgehead atoms. The number of amides is 2. The molecule has 1 aromatic carbocycles. The third-order valence-electron chi connectivity index (χ3n) is 6.82. The topological polar surface area (TPSA) is 100 Å². The highest BCUT2D eigenvalue weighted by atomic mass is 16.2. The van der Waals surface area contributed by atoms with Crippen LogP contribution in [0.2, 0.25) is 0 Å². The summed E-state index contributed by atoms with van der Waals surface area (Å²) in [6, 6.07) is 8.11. The van der Waals surface area contributed by atoms with Crippen molar-refractivity contribution in [1.82, 2.24) is 35.0 Å². The van der Waals surface area contributed by atoms with E-state index in [9.17, 15) is 9.59 Å². The Morgan fingerprint density at radius 2 is 1.87 bits per heavy atom. The molecule has 2 saturated heterocycles. The average Bonchev–Trinajstić information content (AvgIpc) is 3.53. The number of carbonyl (C=O) groups excluding carboxylic acids is 2. The molecule has 9 nitrogen and oxygen atoms in total. The molecule has 5 rings (SSSR count). The van der Waals surface area contributed by atoms with Crippen LogP contribution in [0.3, 0.4) is 0 Å². The third kappa shape index (κ3) is 3.11. The van der Waals surface area contributed by atoms with Gasteiger partial charge in [-0.15, -0.1) is 0 Å². The molecule has 2 aliphatic heterocycles. The fourth-order valence-corrected chi connectivity index (χ4v) is 5.07. The molecule has 2 aromatic heterocycles. The van der Waals surface area contributed by atoms with Crippen LogP contribution < -0.4 is 0 Å². The minimum atomic E-state index is -0.118. The summed E-state index contributed by atoms with van der Waals surface area (Å²) in [7, 11) is 1.84. The predicted molar refractivity (Wildman–Crippen MR) is 112 cm³/mol. The molecule has 2 aliphatic rings. The van der Waals surface area contributed by atoms with Gasteiger partial charge in [0.15, 0.2) is 5.69 Å². The number of nitrogens with one attached hydrogen (secondary N) is 1. The number of hydrogen-bond donors (Lipinski definition) is 1. The molecule has 9 heteroatoms. The van der Waals surface area contributed by atoms with Crippen molar-refractivity contribution >= 4 is 11.8 Å². The monoisotopic (exact) mass is 419 g/mol. The molecule has 3 aromatic rings. The van der Waals surface area contributed by atoms with E-state index in [0.29, 0.717) is 30.9 Å². The number of aromatic nitrogens is 5. The van der Waals surface area contributed by atoms with Crippen LogP contribution >= 0.6 is 0 Å². The smallest absolute Gasteiger partial charge is 0.276 e. The predicted octanol–water partition coefficient (Wildman–Crippen LogP) is 1.74. The van der Waals surface area contributed by atoms with E-state index < -0.39 is 0 Å². The van der Waals surface area contributed by atoms with Crippen LogP contribution in [0, 0.1) is 25.7 Å². The summed E-state index contributed by atoms with van der Waals surface area (Å²) in [5.74, 6) is 0.259. The largest absolute Gasteiger partial charge is 0.336 e. The first-order valence-electron chi connectivity index (χ1n) is 10.5. The summed E-state index contributed by atoms with van der Waals surface area (Å²) in [4.78, 5) is 30.3. The lowest BCUT2D eigenvalue weighted by Gasteiger charge is -2.31. The second-order valence-corrected chi connectivity index (χ2v) is 8.52. The maximum absolute atomic E-state index is 13.6. The van der Waals surface area contributed by atoms with Crippen molar-refractivity contribution in [3.8, 4) is 0 Å². The Balaban J connectivity index is 1.49. The van der Waals surface area contributed by atoms with Crippen LogP contribution in [0.15, 0.2) is 36.7 Å². The second kappa shape index (κ2) is 7.33. The van der Waals surface area contributed by atoms with E-state index >= 15 is 0 Å². The first-order valence-corrected chi connectivity index (χ1v) is 10.5. The zero-order valence-corrected chi connectivity index (χ0v) is 17.8. The van der Waals surface area contributed by atoms with Crippen molar-refractivity contribution in [3.63, 3.8) is 0 Å². The normalized spacial score (nSPS) is 22.7. The maximum Gasteiger partial charge on any atom is 0.276 e. The lowest BCUT2D eigenvalue weighted by atomic mass is 9.87. The van der Waals surface area contributed by atoms with Gasteiger partial charge in [0.05, 0.1) is 24.0 Å². The van der Waals surface area contributed by atoms with Gasteiger partial charge in [-0.25, -0.2) is 0 Å². The van der Waals surface area contributed by atoms with Gasteiger partial charge in [-0.1, -0.05) is 24.3 Å². The van der Waals surface area contributed by atoms with Gasteiger partial charge in [0.2, 0.25) is 0 Å². The molecule has 0 aliphatic carbocycles. The highest BCUT2D eigenvalue weighted by Crippen LogP contribution is 2.46. The number of likely N-dealkylation sites (tertiary alicyclic amines) is 2. The van der Waals surface area contributed by atoms with Gasteiger partial charge >= 0.3 is 0 Å². The molecule has 160 valence electrons. The van der Waals surface area contributed by atoms with Crippen LogP contribution in [0.4, 0.5) is 0 Å². The van der Waals surface area contributed by atoms with Gasteiger partial charge in [0, 0.05) is 44.2 Å². The van der Waals surface area contributed by atoms with Crippen LogP contribution in [-0.2, 0) is 7.05 Å². The van der Waals surface area contributed by atoms with E-state index in [1.54, 1.807) is 10.9 Å². The number of hydrogen-bond acceptors (Lipinski definition) is 5. The number of rotatable bonds is 3. The van der Waals surface area contributed by atoms with Gasteiger partial charge in [-0.05, 0) is 25.0 Å². The van der Waals surface area contributed by atoms with Crippen LogP contribution in [0.1, 0.15) is 43.7 Å². The molecule has 0 saturated carbocycles. The maximum atomic E-state index is 13.6. The number of H-pyrrole nitrogens is 1. The van der Waals surface area contributed by atoms with Gasteiger partial charge in [0.1, 0.15) is 0 Å². The Morgan fingerprint density at radius 1 is 1.06 bits per heavy atom. The molecule has 0 spiro atoms. The number of carbonyl (C=O) groups is 2. The summed E-state index contributed by atoms with van der Waals surface area (Å²) in [5, 5.41) is 14.5. The second-order valence-electron chi connectivity index (χ2n) is 8.52. The molecular formula is C22H25N7O2. The van der Waals surface area contributed by atoms with Gasteiger partial charge < -0.3 is 9.80 Å². The van der Waals surface area contributed by atoms with Crippen molar-refractivity contribution in [3.05, 3.63) is 64.7 Å². The Labute approximate surface area is 180 Å². The van der Waals surface area contributed by atoms with Gasteiger partial charge in [-0.3, -0.25) is 14.3 Å². The van der Waals surface area contributed by atoms with E-state index in [1.807, 2.05) is 35.9 Å². The molecule has 0 unspecified atom stereocenters. The lowest BCUT2D eigenvalue weighted by Crippen LogP contribution is -2.38. The summed E-state index contributed by atoms with van der Waals surface area (Å²) >= 11 is 0. The molecular weight excluding hydrogens is 394 g/mol. The summed E-state index contributed by atoms with van der Waals surface area (Å²) < 4.78 is 1.73. The molecule has 1 N–H and O–H groups in total. The SMILES string of the molecule is Cc1ccccc1[C@@H]1[C@H]2CN(C(=O)c3cn[nH]n3)C[C@H]2CN1C(=O)c1cnn(C)c1C. The minimum absolute atomic E-state index is 0.00244. The number of aromatic amines is 1. The quantitative estimate of drug-likeness (QED) is 0.697. The van der Waals surface area contributed by atoms with E-state index in [1.165, 1.54) is 6.20 Å². The summed E-state index contributed by atoms with van der Waals surface area (Å²) in [5.41, 5.74) is 4.10. The minimum Gasteiger partial charge on any atom is -0.336 e. The number of nitrogens with zero attached hydrogens (tertiary/aromatic N) is 6. The van der Waals surface area contributed by atoms with Crippen molar-refractivity contribution in [2.45, 2.75) is 19.9 Å². The Hall–Kier alpha value is -3.49. The van der Waals surface area contributed by atoms with E-state index in [-0.39, 0.29) is 29.7 Å². The van der Waals surface area contributed by atoms with Crippen molar-refractivity contribution < 1.29 is 9.59 Å². The van der Waals surface area contributed by atoms with Crippen LogP contribution in [-0.4, -0.2) is 66.4 Å². The van der Waals surface area contributed by atoms with E-state index in [2.05, 4.69) is 39.6 Å². The summed E-state index contributed by atoms with van der Waals surface area (Å²) in [6.07, 6.45) is 3.11. The van der Waals surface area contributed by atoms with Gasteiger partial charge in [0.25, 0.3) is 11.8 Å². The van der Waals surface area contributed by atoms with Crippen LogP contribution in [0.25, 0.3) is 0 Å². The Kier molecular flexibility index (Phi) is 4.60. The zero-order chi connectivity index (χ0) is 21.7. The molecule has 0 radical (unpaired) electrons. The van der Waals surface area contributed by atoms with E-state index in [0.717, 1.165) is 16.8 Å².